The van der Waals surface area contributed by atoms with Crippen LogP contribution in [0.25, 0.3) is 11.0 Å². The fraction of sp³-hybridized carbons (Fsp3) is 0.375. The number of nitrogens with one attached hydrogen (secondary N) is 2. The van der Waals surface area contributed by atoms with Gasteiger partial charge in [0, 0.05) is 24.7 Å². The highest BCUT2D eigenvalue weighted by molar-refractivity contribution is 5.98. The molecule has 0 aliphatic heterocycles. The average molecular weight is 439 g/mol. The zero-order valence-electron chi connectivity index (χ0n) is 18.9. The van der Waals surface area contributed by atoms with E-state index in [1.165, 1.54) is 14.2 Å². The quantitative estimate of drug-likeness (QED) is 0.475. The molecule has 32 heavy (non-hydrogen) atoms. The van der Waals surface area contributed by atoms with Crippen molar-refractivity contribution < 1.29 is 19.1 Å². The standard InChI is InChI=1S/C24H30N4O4/c1-16(2)22(27-23(29)17-12-18(31-3)14-19(13-17)32-4)24(30)25-10-7-11-28-15-26-20-8-5-6-9-21(20)28/h5-6,8-9,12-16,22H,7,10-11H2,1-4H3,(H,25,30)(H,27,29)/t22-/m0/s1. The van der Waals surface area contributed by atoms with Crippen LogP contribution in [-0.4, -0.2) is 48.2 Å². The maximum atomic E-state index is 12.8. The summed E-state index contributed by atoms with van der Waals surface area (Å²) in [6, 6.07) is 12.2. The molecule has 1 heterocycles. The van der Waals surface area contributed by atoms with Crippen molar-refractivity contribution in [3.8, 4) is 11.5 Å². The van der Waals surface area contributed by atoms with Crippen LogP contribution in [0, 0.1) is 5.92 Å². The normalized spacial score (nSPS) is 11.9. The number of rotatable bonds is 10. The summed E-state index contributed by atoms with van der Waals surface area (Å²) >= 11 is 0. The fourth-order valence-corrected chi connectivity index (χ4v) is 3.46. The van der Waals surface area contributed by atoms with Crippen LogP contribution >= 0.6 is 0 Å². The molecule has 0 unspecified atom stereocenters. The van der Waals surface area contributed by atoms with Crippen LogP contribution in [0.4, 0.5) is 0 Å². The van der Waals surface area contributed by atoms with Crippen molar-refractivity contribution in [1.29, 1.82) is 0 Å². The Hall–Kier alpha value is -3.55. The average Bonchev–Trinajstić information content (AvgIpc) is 3.22. The van der Waals surface area contributed by atoms with Gasteiger partial charge in [-0.3, -0.25) is 9.59 Å². The number of nitrogens with zero attached hydrogens (tertiary/aromatic N) is 2. The van der Waals surface area contributed by atoms with E-state index < -0.39 is 6.04 Å². The molecular weight excluding hydrogens is 408 g/mol. The molecular formula is C24H30N4O4. The monoisotopic (exact) mass is 438 g/mol. The van der Waals surface area contributed by atoms with Gasteiger partial charge in [-0.05, 0) is 36.6 Å². The minimum absolute atomic E-state index is 0.0796. The maximum absolute atomic E-state index is 12.8. The van der Waals surface area contributed by atoms with E-state index in [-0.39, 0.29) is 17.7 Å². The summed E-state index contributed by atoms with van der Waals surface area (Å²) < 4.78 is 12.5. The van der Waals surface area contributed by atoms with E-state index in [1.54, 1.807) is 18.2 Å². The molecule has 170 valence electrons. The van der Waals surface area contributed by atoms with Gasteiger partial charge < -0.3 is 24.7 Å². The Bertz CT molecular complexity index is 1050. The number of fused-ring (bicyclic) bond motifs is 1. The van der Waals surface area contributed by atoms with Gasteiger partial charge in [-0.1, -0.05) is 26.0 Å². The van der Waals surface area contributed by atoms with E-state index in [9.17, 15) is 9.59 Å². The third kappa shape index (κ3) is 5.57. The lowest BCUT2D eigenvalue weighted by molar-refractivity contribution is -0.123. The van der Waals surface area contributed by atoms with Crippen molar-refractivity contribution in [2.24, 2.45) is 5.92 Å². The molecule has 8 heteroatoms. The summed E-state index contributed by atoms with van der Waals surface area (Å²) in [7, 11) is 3.04. The van der Waals surface area contributed by atoms with Gasteiger partial charge in [0.1, 0.15) is 17.5 Å². The molecule has 0 saturated carbocycles. The molecule has 0 fully saturated rings. The number of ether oxygens (including phenoxy) is 2. The van der Waals surface area contributed by atoms with Crippen molar-refractivity contribution in [3.63, 3.8) is 0 Å². The van der Waals surface area contributed by atoms with Crippen LogP contribution < -0.4 is 20.1 Å². The topological polar surface area (TPSA) is 94.5 Å². The highest BCUT2D eigenvalue weighted by Crippen LogP contribution is 2.22. The second kappa shape index (κ2) is 10.7. The molecule has 8 nitrogen and oxygen atoms in total. The van der Waals surface area contributed by atoms with E-state index in [2.05, 4.69) is 20.2 Å². The number of imidazole rings is 1. The highest BCUT2D eigenvalue weighted by Gasteiger charge is 2.25. The Labute approximate surface area is 187 Å². The molecule has 0 bridgehead atoms. The Morgan fingerprint density at radius 2 is 1.75 bits per heavy atom. The van der Waals surface area contributed by atoms with Gasteiger partial charge in [0.25, 0.3) is 5.91 Å². The Morgan fingerprint density at radius 1 is 1.06 bits per heavy atom. The first-order valence-electron chi connectivity index (χ1n) is 10.6. The predicted molar refractivity (Wildman–Crippen MR) is 123 cm³/mol. The molecule has 0 spiro atoms. The maximum Gasteiger partial charge on any atom is 0.252 e. The van der Waals surface area contributed by atoms with Gasteiger partial charge in [-0.15, -0.1) is 0 Å². The minimum Gasteiger partial charge on any atom is -0.497 e. The van der Waals surface area contributed by atoms with Gasteiger partial charge in [0.2, 0.25) is 5.91 Å². The van der Waals surface area contributed by atoms with Crippen LogP contribution in [0.5, 0.6) is 11.5 Å². The molecule has 2 amide bonds. The highest BCUT2D eigenvalue weighted by atomic mass is 16.5. The zero-order chi connectivity index (χ0) is 23.1. The van der Waals surface area contributed by atoms with Crippen molar-refractivity contribution in [2.45, 2.75) is 32.9 Å². The van der Waals surface area contributed by atoms with Crippen molar-refractivity contribution in [2.75, 3.05) is 20.8 Å². The summed E-state index contributed by atoms with van der Waals surface area (Å²) in [5.41, 5.74) is 2.39. The Kier molecular flexibility index (Phi) is 7.70. The van der Waals surface area contributed by atoms with Crippen LogP contribution in [0.1, 0.15) is 30.6 Å². The number of benzene rings is 2. The largest absolute Gasteiger partial charge is 0.497 e. The van der Waals surface area contributed by atoms with E-state index in [0.29, 0.717) is 23.6 Å². The number of aryl methyl sites for hydroxylation is 1. The number of carbonyl (C=O) groups is 2. The number of para-hydroxylation sites is 2. The summed E-state index contributed by atoms with van der Waals surface area (Å²) in [5.74, 6) is 0.364. The molecule has 2 aromatic carbocycles. The summed E-state index contributed by atoms with van der Waals surface area (Å²) in [6.07, 6.45) is 2.56. The lowest BCUT2D eigenvalue weighted by Crippen LogP contribution is -2.50. The van der Waals surface area contributed by atoms with Gasteiger partial charge in [0.15, 0.2) is 0 Å². The molecule has 0 aliphatic rings. The van der Waals surface area contributed by atoms with Crippen molar-refractivity contribution in [3.05, 3.63) is 54.4 Å². The van der Waals surface area contributed by atoms with Crippen LogP contribution in [-0.2, 0) is 11.3 Å². The molecule has 1 atom stereocenters. The van der Waals surface area contributed by atoms with Crippen molar-refractivity contribution >= 4 is 22.8 Å². The third-order valence-corrected chi connectivity index (χ3v) is 5.25. The number of carbonyl (C=O) groups excluding carboxylic acids is 2. The molecule has 0 aliphatic carbocycles. The van der Waals surface area contributed by atoms with E-state index in [4.69, 9.17) is 9.47 Å². The summed E-state index contributed by atoms with van der Waals surface area (Å²) in [4.78, 5) is 30.0. The Morgan fingerprint density at radius 3 is 2.41 bits per heavy atom. The van der Waals surface area contributed by atoms with Gasteiger partial charge >= 0.3 is 0 Å². The lowest BCUT2D eigenvalue weighted by atomic mass is 10.0. The SMILES string of the molecule is COc1cc(OC)cc(C(=O)N[C@H](C(=O)NCCCn2cnc3ccccc32)C(C)C)c1. The van der Waals surface area contributed by atoms with Crippen molar-refractivity contribution in [1.82, 2.24) is 20.2 Å². The zero-order valence-corrected chi connectivity index (χ0v) is 18.9. The van der Waals surface area contributed by atoms with Crippen LogP contribution in [0.3, 0.4) is 0 Å². The number of amides is 2. The van der Waals surface area contributed by atoms with E-state index >= 15 is 0 Å². The number of hydrogen-bond donors (Lipinski definition) is 2. The molecule has 2 N–H and O–H groups in total. The van der Waals surface area contributed by atoms with E-state index in [1.807, 2.05) is 44.4 Å². The molecule has 0 radical (unpaired) electrons. The number of aromatic nitrogens is 2. The van der Waals surface area contributed by atoms with E-state index in [0.717, 1.165) is 24.0 Å². The fourth-order valence-electron chi connectivity index (χ4n) is 3.46. The second-order valence-electron chi connectivity index (χ2n) is 7.87. The third-order valence-electron chi connectivity index (χ3n) is 5.25. The Balaban J connectivity index is 1.56. The second-order valence-corrected chi connectivity index (χ2v) is 7.87. The summed E-state index contributed by atoms with van der Waals surface area (Å²) in [5, 5.41) is 5.78. The first-order valence-corrected chi connectivity index (χ1v) is 10.6. The van der Waals surface area contributed by atoms with Crippen LogP contribution in [0.2, 0.25) is 0 Å². The smallest absolute Gasteiger partial charge is 0.252 e. The first-order chi connectivity index (χ1) is 15.4. The molecule has 1 aromatic heterocycles. The number of hydrogen-bond acceptors (Lipinski definition) is 5. The first kappa shape index (κ1) is 23.1. The van der Waals surface area contributed by atoms with Gasteiger partial charge in [-0.25, -0.2) is 4.98 Å². The molecule has 3 aromatic rings. The lowest BCUT2D eigenvalue weighted by Gasteiger charge is -2.22. The van der Waals surface area contributed by atoms with Gasteiger partial charge in [-0.2, -0.15) is 0 Å². The summed E-state index contributed by atoms with van der Waals surface area (Å²) in [6.45, 7) is 5.03. The predicted octanol–water partition coefficient (Wildman–Crippen LogP) is 3.01. The number of methoxy groups -OCH3 is 2. The molecule has 0 saturated heterocycles. The van der Waals surface area contributed by atoms with Crippen LogP contribution in [0.15, 0.2) is 48.8 Å². The minimum atomic E-state index is -0.659. The van der Waals surface area contributed by atoms with Gasteiger partial charge in [0.05, 0.1) is 31.6 Å². The molecule has 3 rings (SSSR count).